The second-order valence-corrected chi connectivity index (χ2v) is 6.66. The quantitative estimate of drug-likeness (QED) is 0.698. The van der Waals surface area contributed by atoms with E-state index in [4.69, 9.17) is 14.5 Å². The van der Waals surface area contributed by atoms with Gasteiger partial charge in [-0.05, 0) is 29.2 Å². The monoisotopic (exact) mass is 382 g/mol. The van der Waals surface area contributed by atoms with Crippen LogP contribution in [0, 0.1) is 0 Å². The maximum absolute atomic E-state index is 11.6. The summed E-state index contributed by atoms with van der Waals surface area (Å²) in [6.45, 7) is 1.32. The number of benzene rings is 1. The largest absolute Gasteiger partial charge is 0.387 e. The molecule has 0 saturated heterocycles. The molecule has 0 spiro atoms. The zero-order valence-corrected chi connectivity index (χ0v) is 15.3. The van der Waals surface area contributed by atoms with Gasteiger partial charge in [0.05, 0.1) is 5.70 Å². The fourth-order valence-electron chi connectivity index (χ4n) is 3.28. The van der Waals surface area contributed by atoms with Crippen LogP contribution in [0.5, 0.6) is 0 Å². The molecule has 1 aromatic carbocycles. The Kier molecular flexibility index (Phi) is 5.41. The third-order valence-electron chi connectivity index (χ3n) is 4.86. The fourth-order valence-corrected chi connectivity index (χ4v) is 3.28. The van der Waals surface area contributed by atoms with E-state index in [9.17, 15) is 4.79 Å². The van der Waals surface area contributed by atoms with Crippen LogP contribution in [-0.4, -0.2) is 53.4 Å². The maximum atomic E-state index is 11.6. The first-order valence-electron chi connectivity index (χ1n) is 9.19. The molecule has 1 atom stereocenters. The normalized spacial score (nSPS) is 19.0. The van der Waals surface area contributed by atoms with E-state index in [0.717, 1.165) is 23.2 Å². The molecule has 8 nitrogen and oxygen atoms in total. The molecule has 1 unspecified atom stereocenters. The lowest BCUT2D eigenvalue weighted by molar-refractivity contribution is -0.133. The molecule has 4 rings (SSSR count). The number of nitrogens with zero attached hydrogens (tertiary/aromatic N) is 2. The number of hydrogen-bond donors (Lipinski definition) is 3. The second kappa shape index (κ2) is 8.28. The lowest BCUT2D eigenvalue weighted by Gasteiger charge is -2.26. The molecule has 3 N–H and O–H groups in total. The minimum absolute atomic E-state index is 0.109. The highest BCUT2D eigenvalue weighted by atomic mass is 16.7. The highest BCUT2D eigenvalue weighted by molar-refractivity contribution is 5.79. The van der Waals surface area contributed by atoms with Crippen molar-refractivity contribution < 1.29 is 19.3 Å². The number of amides is 1. The molecule has 2 aliphatic heterocycles. The molecule has 0 radical (unpaired) electrons. The second-order valence-electron chi connectivity index (χ2n) is 6.66. The van der Waals surface area contributed by atoms with Gasteiger partial charge in [0.1, 0.15) is 19.0 Å². The smallest absolute Gasteiger partial charge is 0.248 e. The summed E-state index contributed by atoms with van der Waals surface area (Å²) in [5.74, 6) is 0.451. The molecule has 28 heavy (non-hydrogen) atoms. The number of hydrogen-bond acceptors (Lipinski definition) is 7. The van der Waals surface area contributed by atoms with Crippen molar-refractivity contribution in [1.82, 2.24) is 15.5 Å². The van der Waals surface area contributed by atoms with Gasteiger partial charge >= 0.3 is 0 Å². The molecule has 0 fully saturated rings. The van der Waals surface area contributed by atoms with Gasteiger partial charge in [0, 0.05) is 25.7 Å². The lowest BCUT2D eigenvalue weighted by atomic mass is 9.97. The van der Waals surface area contributed by atoms with Gasteiger partial charge in [0.15, 0.2) is 5.82 Å². The van der Waals surface area contributed by atoms with Crippen LogP contribution in [0.1, 0.15) is 17.5 Å². The number of aliphatic hydroxyl groups is 1. The van der Waals surface area contributed by atoms with Gasteiger partial charge in [-0.15, -0.1) is 0 Å². The minimum atomic E-state index is -0.433. The van der Waals surface area contributed by atoms with E-state index in [1.54, 1.807) is 11.0 Å². The molecule has 0 bridgehead atoms. The topological polar surface area (TPSA) is 99.9 Å². The molecule has 3 heterocycles. The number of hydroxylamine groups is 1. The van der Waals surface area contributed by atoms with E-state index < -0.39 is 6.61 Å². The van der Waals surface area contributed by atoms with Crippen LogP contribution in [0.3, 0.4) is 0 Å². The van der Waals surface area contributed by atoms with Gasteiger partial charge in [-0.1, -0.05) is 35.5 Å². The van der Waals surface area contributed by atoms with Crippen LogP contribution in [-0.2, 0) is 9.63 Å². The first kappa shape index (κ1) is 18.3. The SMILES string of the molecule is O=C(CO)N1CC=C(c2ccc(C3=CC(CNc4ccon4)ON3)cc2)CC1. The summed E-state index contributed by atoms with van der Waals surface area (Å²) in [5.41, 5.74) is 7.30. The number of rotatable bonds is 6. The van der Waals surface area contributed by atoms with E-state index in [1.165, 1.54) is 11.8 Å². The molecule has 2 aromatic rings. The third kappa shape index (κ3) is 4.08. The molecule has 146 valence electrons. The Balaban J connectivity index is 1.36. The lowest BCUT2D eigenvalue weighted by Crippen LogP contribution is -2.36. The molecule has 1 aromatic heterocycles. The van der Waals surface area contributed by atoms with Crippen molar-refractivity contribution in [3.63, 3.8) is 0 Å². The zero-order chi connectivity index (χ0) is 19.3. The summed E-state index contributed by atoms with van der Waals surface area (Å²) >= 11 is 0. The molecular weight excluding hydrogens is 360 g/mol. The van der Waals surface area contributed by atoms with Crippen molar-refractivity contribution in [3.8, 4) is 0 Å². The van der Waals surface area contributed by atoms with Crippen LogP contribution in [0.15, 0.2) is 53.3 Å². The Labute approximate surface area is 162 Å². The summed E-state index contributed by atoms with van der Waals surface area (Å²) < 4.78 is 4.79. The van der Waals surface area contributed by atoms with E-state index in [2.05, 4.69) is 40.2 Å². The van der Waals surface area contributed by atoms with Gasteiger partial charge in [-0.3, -0.25) is 15.1 Å². The summed E-state index contributed by atoms with van der Waals surface area (Å²) in [4.78, 5) is 18.8. The van der Waals surface area contributed by atoms with Crippen LogP contribution in [0.25, 0.3) is 11.3 Å². The predicted octanol–water partition coefficient (Wildman–Crippen LogP) is 1.64. The molecule has 2 aliphatic rings. The molecule has 0 aliphatic carbocycles. The number of carbonyl (C=O) groups excluding carboxylic acids is 1. The zero-order valence-electron chi connectivity index (χ0n) is 15.3. The Hall–Kier alpha value is -3.10. The highest BCUT2D eigenvalue weighted by Gasteiger charge is 2.19. The highest BCUT2D eigenvalue weighted by Crippen LogP contribution is 2.25. The van der Waals surface area contributed by atoms with Gasteiger partial charge in [-0.25, -0.2) is 0 Å². The van der Waals surface area contributed by atoms with Crippen molar-refractivity contribution in [2.24, 2.45) is 0 Å². The first-order valence-corrected chi connectivity index (χ1v) is 9.19. The van der Waals surface area contributed by atoms with E-state index in [1.807, 2.05) is 12.2 Å². The number of nitrogens with one attached hydrogen (secondary N) is 2. The van der Waals surface area contributed by atoms with Crippen molar-refractivity contribution in [2.45, 2.75) is 12.5 Å². The molecule has 8 heteroatoms. The van der Waals surface area contributed by atoms with Crippen LogP contribution in [0.2, 0.25) is 0 Å². The third-order valence-corrected chi connectivity index (χ3v) is 4.86. The Morgan fingerprint density at radius 3 is 2.79 bits per heavy atom. The molecule has 1 amide bonds. The summed E-state index contributed by atoms with van der Waals surface area (Å²) in [6, 6.07) is 10.0. The maximum Gasteiger partial charge on any atom is 0.248 e. The number of carbonyl (C=O) groups is 1. The van der Waals surface area contributed by atoms with E-state index in [-0.39, 0.29) is 12.0 Å². The summed E-state index contributed by atoms with van der Waals surface area (Å²) in [7, 11) is 0. The van der Waals surface area contributed by atoms with Crippen molar-refractivity contribution in [2.75, 3.05) is 31.6 Å². The van der Waals surface area contributed by atoms with Gasteiger partial charge in [0.2, 0.25) is 5.91 Å². The Bertz CT molecular complexity index is 874. The number of anilines is 1. The van der Waals surface area contributed by atoms with Crippen molar-refractivity contribution in [3.05, 3.63) is 59.9 Å². The average Bonchev–Trinajstić information content (AvgIpc) is 3.44. The van der Waals surface area contributed by atoms with Gasteiger partial charge in [0.25, 0.3) is 0 Å². The molecular formula is C20H22N4O4. The number of aliphatic hydroxyl groups excluding tert-OH is 1. The molecule has 0 saturated carbocycles. The Morgan fingerprint density at radius 2 is 2.11 bits per heavy atom. The van der Waals surface area contributed by atoms with Crippen molar-refractivity contribution in [1.29, 1.82) is 0 Å². The summed E-state index contributed by atoms with van der Waals surface area (Å²) in [5, 5.41) is 15.9. The summed E-state index contributed by atoms with van der Waals surface area (Å²) in [6.07, 6.45) is 6.27. The minimum Gasteiger partial charge on any atom is -0.387 e. The van der Waals surface area contributed by atoms with Gasteiger partial charge < -0.3 is 19.8 Å². The van der Waals surface area contributed by atoms with Crippen LogP contribution >= 0.6 is 0 Å². The van der Waals surface area contributed by atoms with E-state index in [0.29, 0.717) is 25.5 Å². The van der Waals surface area contributed by atoms with Crippen LogP contribution in [0.4, 0.5) is 5.82 Å². The predicted molar refractivity (Wildman–Crippen MR) is 104 cm³/mol. The first-order chi connectivity index (χ1) is 13.7. The Morgan fingerprint density at radius 1 is 1.29 bits per heavy atom. The van der Waals surface area contributed by atoms with E-state index >= 15 is 0 Å². The van der Waals surface area contributed by atoms with Gasteiger partial charge in [-0.2, -0.15) is 0 Å². The average molecular weight is 382 g/mol. The van der Waals surface area contributed by atoms with Crippen molar-refractivity contribution >= 4 is 23.0 Å². The standard InChI is InChI=1S/C20H22N4O4/c25-13-20(26)24-8-5-15(6-9-24)14-1-3-16(4-2-14)18-11-17(28-22-18)12-21-19-7-10-27-23-19/h1-5,7,10-11,17,22,25H,6,8-9,12-13H2,(H,21,23). The fraction of sp³-hybridized carbons (Fsp3) is 0.300. The number of aromatic nitrogens is 1. The van der Waals surface area contributed by atoms with Crippen LogP contribution < -0.4 is 10.8 Å².